The first-order chi connectivity index (χ1) is 10.2. The van der Waals surface area contributed by atoms with E-state index in [0.29, 0.717) is 0 Å². The van der Waals surface area contributed by atoms with Gasteiger partial charge in [0.25, 0.3) is 0 Å². The molecule has 0 aliphatic carbocycles. The van der Waals surface area contributed by atoms with Gasteiger partial charge in [-0.1, -0.05) is 6.07 Å². The molecule has 1 aliphatic heterocycles. The Kier molecular flexibility index (Phi) is 3.01. The lowest BCUT2D eigenvalue weighted by molar-refractivity contribution is -0.286. The van der Waals surface area contributed by atoms with Gasteiger partial charge in [-0.3, -0.25) is 0 Å². The minimum atomic E-state index is -4.07. The number of fused-ring (bicyclic) bond motifs is 1. The highest BCUT2D eigenvalue weighted by molar-refractivity contribution is 7.89. The molecule has 22 heavy (non-hydrogen) atoms. The van der Waals surface area contributed by atoms with Gasteiger partial charge in [0, 0.05) is 5.56 Å². The van der Waals surface area contributed by atoms with Crippen LogP contribution in [0.15, 0.2) is 41.3 Å². The molecule has 0 amide bonds. The van der Waals surface area contributed by atoms with E-state index in [4.69, 9.17) is 5.14 Å². The number of phenols is 1. The number of alkyl halides is 2. The molecule has 0 saturated heterocycles. The number of rotatable bonds is 2. The van der Waals surface area contributed by atoms with Crippen LogP contribution in [-0.4, -0.2) is 19.8 Å². The van der Waals surface area contributed by atoms with Gasteiger partial charge in [0.05, 0.1) is 4.90 Å². The molecule has 0 radical (unpaired) electrons. The summed E-state index contributed by atoms with van der Waals surface area (Å²) in [6.45, 7) is 0. The molecule has 0 aromatic heterocycles. The van der Waals surface area contributed by atoms with Gasteiger partial charge in [-0.05, 0) is 35.9 Å². The van der Waals surface area contributed by atoms with Gasteiger partial charge in [0.1, 0.15) is 5.75 Å². The second-order valence-electron chi connectivity index (χ2n) is 4.55. The zero-order valence-electron chi connectivity index (χ0n) is 10.8. The summed E-state index contributed by atoms with van der Waals surface area (Å²) in [5.74, 6) is -0.623. The van der Waals surface area contributed by atoms with Crippen LogP contribution >= 0.6 is 0 Å². The molecular formula is C13H9F2NO5S. The van der Waals surface area contributed by atoms with Crippen molar-refractivity contribution in [1.82, 2.24) is 0 Å². The molecule has 0 spiro atoms. The number of benzene rings is 2. The van der Waals surface area contributed by atoms with Gasteiger partial charge in [-0.2, -0.15) is 0 Å². The van der Waals surface area contributed by atoms with Crippen molar-refractivity contribution in [3.8, 4) is 28.4 Å². The number of phenolic OH excluding ortho intramolecular Hbond substituents is 1. The highest BCUT2D eigenvalue weighted by Crippen LogP contribution is 2.43. The van der Waals surface area contributed by atoms with Gasteiger partial charge in [0.15, 0.2) is 11.5 Å². The Bertz CT molecular complexity index is 867. The van der Waals surface area contributed by atoms with Crippen molar-refractivity contribution in [2.24, 2.45) is 5.14 Å². The third-order valence-corrected chi connectivity index (χ3v) is 3.95. The van der Waals surface area contributed by atoms with Crippen LogP contribution in [0, 0.1) is 0 Å². The van der Waals surface area contributed by atoms with E-state index in [1.165, 1.54) is 18.2 Å². The minimum absolute atomic E-state index is 0.0594. The van der Waals surface area contributed by atoms with Crippen molar-refractivity contribution in [3.63, 3.8) is 0 Å². The lowest BCUT2D eigenvalue weighted by atomic mass is 10.0. The lowest BCUT2D eigenvalue weighted by Gasteiger charge is -2.09. The molecule has 1 aliphatic rings. The maximum absolute atomic E-state index is 13.0. The van der Waals surface area contributed by atoms with Gasteiger partial charge in [-0.25, -0.2) is 13.6 Å². The number of nitrogens with two attached hydrogens (primary N) is 1. The Balaban J connectivity index is 2.16. The van der Waals surface area contributed by atoms with E-state index in [-0.39, 0.29) is 33.3 Å². The van der Waals surface area contributed by atoms with Gasteiger partial charge >= 0.3 is 6.29 Å². The standard InChI is InChI=1S/C13H9F2NO5S/c14-13(15)20-10-3-1-7(5-11(10)21-13)9-6-8(17)2-4-12(9)22(16,18)19/h1-6,17H,(H2,16,18,19). The van der Waals surface area contributed by atoms with E-state index in [1.54, 1.807) is 0 Å². The molecule has 3 rings (SSSR count). The monoisotopic (exact) mass is 329 g/mol. The zero-order chi connectivity index (χ0) is 16.1. The predicted molar refractivity (Wildman–Crippen MR) is 71.1 cm³/mol. The fourth-order valence-corrected chi connectivity index (χ4v) is 2.85. The quantitative estimate of drug-likeness (QED) is 0.878. The van der Waals surface area contributed by atoms with E-state index in [2.05, 4.69) is 9.47 Å². The molecule has 1 heterocycles. The minimum Gasteiger partial charge on any atom is -0.508 e. The number of aromatic hydroxyl groups is 1. The van der Waals surface area contributed by atoms with Crippen molar-refractivity contribution in [1.29, 1.82) is 0 Å². The normalized spacial score (nSPS) is 15.8. The fourth-order valence-electron chi connectivity index (χ4n) is 2.11. The average Bonchev–Trinajstić information content (AvgIpc) is 2.69. The van der Waals surface area contributed by atoms with Crippen LogP contribution in [0.3, 0.4) is 0 Å². The first kappa shape index (κ1) is 14.5. The number of hydrogen-bond acceptors (Lipinski definition) is 5. The van der Waals surface area contributed by atoms with E-state index in [1.807, 2.05) is 0 Å². The third-order valence-electron chi connectivity index (χ3n) is 2.98. The van der Waals surface area contributed by atoms with Crippen molar-refractivity contribution < 1.29 is 31.8 Å². The summed E-state index contributed by atoms with van der Waals surface area (Å²) in [5, 5.41) is 14.6. The summed E-state index contributed by atoms with van der Waals surface area (Å²) >= 11 is 0. The molecule has 0 bridgehead atoms. The van der Waals surface area contributed by atoms with E-state index in [0.717, 1.165) is 18.2 Å². The molecule has 0 unspecified atom stereocenters. The van der Waals surface area contributed by atoms with Crippen molar-refractivity contribution in [3.05, 3.63) is 36.4 Å². The topological polar surface area (TPSA) is 98.9 Å². The second-order valence-corrected chi connectivity index (χ2v) is 6.08. The van der Waals surface area contributed by atoms with Crippen LogP contribution in [0.2, 0.25) is 0 Å². The maximum Gasteiger partial charge on any atom is 0.586 e. The first-order valence-electron chi connectivity index (χ1n) is 5.92. The molecule has 2 aromatic carbocycles. The van der Waals surface area contributed by atoms with Crippen molar-refractivity contribution in [2.45, 2.75) is 11.2 Å². The Labute approximate surface area is 123 Å². The SMILES string of the molecule is NS(=O)(=O)c1ccc(O)cc1-c1ccc2c(c1)OC(F)(F)O2. The number of hydrogen-bond donors (Lipinski definition) is 2. The van der Waals surface area contributed by atoms with Crippen LogP contribution in [0.1, 0.15) is 0 Å². The van der Waals surface area contributed by atoms with Crippen LogP contribution in [-0.2, 0) is 10.0 Å². The van der Waals surface area contributed by atoms with E-state index >= 15 is 0 Å². The predicted octanol–water partition coefficient (Wildman–Crippen LogP) is 2.03. The number of primary sulfonamides is 1. The highest BCUT2D eigenvalue weighted by Gasteiger charge is 2.43. The molecule has 3 N–H and O–H groups in total. The van der Waals surface area contributed by atoms with Crippen LogP contribution in [0.25, 0.3) is 11.1 Å². The van der Waals surface area contributed by atoms with Crippen LogP contribution in [0.5, 0.6) is 17.2 Å². The largest absolute Gasteiger partial charge is 0.586 e. The van der Waals surface area contributed by atoms with Gasteiger partial charge in [0.2, 0.25) is 10.0 Å². The number of ether oxygens (including phenoxy) is 2. The Hall–Kier alpha value is -2.39. The summed E-state index contributed by atoms with van der Waals surface area (Å²) in [6.07, 6.45) is -3.78. The molecule has 9 heteroatoms. The van der Waals surface area contributed by atoms with E-state index < -0.39 is 16.3 Å². The summed E-state index contributed by atoms with van der Waals surface area (Å²) in [4.78, 5) is -0.254. The van der Waals surface area contributed by atoms with Crippen molar-refractivity contribution >= 4 is 10.0 Å². The Morgan fingerprint density at radius 1 is 1.05 bits per heavy atom. The highest BCUT2D eigenvalue weighted by atomic mass is 32.2. The summed E-state index contributed by atoms with van der Waals surface area (Å²) in [6, 6.07) is 7.19. The van der Waals surface area contributed by atoms with Crippen LogP contribution < -0.4 is 14.6 Å². The first-order valence-corrected chi connectivity index (χ1v) is 7.46. The van der Waals surface area contributed by atoms with Crippen LogP contribution in [0.4, 0.5) is 8.78 Å². The maximum atomic E-state index is 13.0. The molecule has 116 valence electrons. The second kappa shape index (κ2) is 4.55. The molecule has 6 nitrogen and oxygen atoms in total. The number of sulfonamides is 1. The smallest absolute Gasteiger partial charge is 0.508 e. The molecular weight excluding hydrogens is 320 g/mol. The molecule has 0 atom stereocenters. The Morgan fingerprint density at radius 2 is 1.73 bits per heavy atom. The van der Waals surface area contributed by atoms with Gasteiger partial charge < -0.3 is 14.6 Å². The Morgan fingerprint density at radius 3 is 2.41 bits per heavy atom. The zero-order valence-corrected chi connectivity index (χ0v) is 11.6. The summed E-state index contributed by atoms with van der Waals surface area (Å²) in [7, 11) is -4.07. The van der Waals surface area contributed by atoms with E-state index in [9.17, 15) is 22.3 Å². The fraction of sp³-hybridized carbons (Fsp3) is 0.0769. The summed E-state index contributed by atoms with van der Waals surface area (Å²) in [5.41, 5.74) is 0.282. The average molecular weight is 329 g/mol. The molecule has 2 aromatic rings. The third kappa shape index (κ3) is 2.55. The van der Waals surface area contributed by atoms with Crippen molar-refractivity contribution in [2.75, 3.05) is 0 Å². The lowest BCUT2D eigenvalue weighted by Crippen LogP contribution is -2.25. The summed E-state index contributed by atoms with van der Waals surface area (Å²) < 4.78 is 57.8. The van der Waals surface area contributed by atoms with Gasteiger partial charge in [-0.15, -0.1) is 8.78 Å². The molecule has 0 saturated carbocycles. The number of halogens is 2. The molecule has 0 fully saturated rings.